The predicted octanol–water partition coefficient (Wildman–Crippen LogP) is 1.03. The summed E-state index contributed by atoms with van der Waals surface area (Å²) in [5.41, 5.74) is 0.765. The Morgan fingerprint density at radius 3 is 2.00 bits per heavy atom. The van der Waals surface area contributed by atoms with E-state index in [1.165, 1.54) is 21.3 Å². The summed E-state index contributed by atoms with van der Waals surface area (Å²) in [4.78, 5) is 0. The summed E-state index contributed by atoms with van der Waals surface area (Å²) in [6.07, 6.45) is -3.88. The minimum absolute atomic E-state index is 0.0588. The normalized spacial score (nSPS) is 28.3. The second kappa shape index (κ2) is 11.5. The van der Waals surface area contributed by atoms with Gasteiger partial charge in [-0.15, -0.1) is 0 Å². The van der Waals surface area contributed by atoms with Crippen molar-refractivity contribution in [1.29, 1.82) is 0 Å². The standard InChI is InChI=1S/C20H32O9/c1-22-13-7-12(8-14(23-2)17(13)24-3)10-28-11-16-19(26-5)20(27-6)18(25-4)15(9-21)29-16/h7-8,15-16,18-21H,9-11H2,1-6H3/t15-,16-,18-,19+,20+/m1/s1/i4D,5D,6D. The quantitative estimate of drug-likeness (QED) is 0.564. The Morgan fingerprint density at radius 2 is 1.48 bits per heavy atom. The summed E-state index contributed by atoms with van der Waals surface area (Å²) >= 11 is 0. The van der Waals surface area contributed by atoms with Gasteiger partial charge in [-0.05, 0) is 17.7 Å². The molecule has 9 heteroatoms. The lowest BCUT2D eigenvalue weighted by Crippen LogP contribution is -2.61. The van der Waals surface area contributed by atoms with E-state index in [1.807, 2.05) is 0 Å². The Balaban J connectivity index is 2.14. The van der Waals surface area contributed by atoms with Gasteiger partial charge >= 0.3 is 0 Å². The van der Waals surface area contributed by atoms with E-state index in [-0.39, 0.29) is 41.1 Å². The molecule has 0 spiro atoms. The highest BCUT2D eigenvalue weighted by Gasteiger charge is 2.46. The number of ether oxygens (including phenoxy) is 8. The Labute approximate surface area is 175 Å². The van der Waals surface area contributed by atoms with E-state index in [0.717, 1.165) is 5.56 Å². The van der Waals surface area contributed by atoms with Crippen LogP contribution >= 0.6 is 0 Å². The Morgan fingerprint density at radius 1 is 0.897 bits per heavy atom. The smallest absolute Gasteiger partial charge is 0.203 e. The van der Waals surface area contributed by atoms with Gasteiger partial charge < -0.3 is 43.0 Å². The third-order valence-corrected chi connectivity index (χ3v) is 4.76. The number of benzene rings is 1. The first-order valence-electron chi connectivity index (χ1n) is 11.1. The maximum absolute atomic E-state index is 9.75. The van der Waals surface area contributed by atoms with Crippen LogP contribution in [0.15, 0.2) is 12.1 Å². The molecule has 166 valence electrons. The topological polar surface area (TPSA) is 94.1 Å². The van der Waals surface area contributed by atoms with Crippen LogP contribution in [0.1, 0.15) is 9.68 Å². The highest BCUT2D eigenvalue weighted by molar-refractivity contribution is 5.53. The zero-order valence-corrected chi connectivity index (χ0v) is 17.0. The molecular formula is C20H32O9. The van der Waals surface area contributed by atoms with Gasteiger partial charge in [-0.3, -0.25) is 0 Å². The van der Waals surface area contributed by atoms with E-state index in [9.17, 15) is 5.11 Å². The molecule has 1 fully saturated rings. The average Bonchev–Trinajstić information content (AvgIpc) is 2.81. The van der Waals surface area contributed by atoms with Gasteiger partial charge in [-0.1, -0.05) is 0 Å². The van der Waals surface area contributed by atoms with Crippen LogP contribution in [0.2, 0.25) is 0 Å². The molecule has 1 aromatic carbocycles. The number of aliphatic hydroxyl groups is 1. The molecule has 0 bridgehead atoms. The van der Waals surface area contributed by atoms with Gasteiger partial charge in [0.2, 0.25) is 5.75 Å². The van der Waals surface area contributed by atoms with Crippen molar-refractivity contribution in [2.24, 2.45) is 0 Å². The summed E-state index contributed by atoms with van der Waals surface area (Å²) < 4.78 is 66.4. The van der Waals surface area contributed by atoms with Crippen LogP contribution in [0, 0.1) is 0 Å². The first kappa shape index (κ1) is 19.3. The molecule has 9 nitrogen and oxygen atoms in total. The van der Waals surface area contributed by atoms with Gasteiger partial charge in [-0.2, -0.15) is 0 Å². The third kappa shape index (κ3) is 5.30. The summed E-state index contributed by atoms with van der Waals surface area (Å²) in [5.74, 6) is 1.46. The average molecular weight is 419 g/mol. The monoisotopic (exact) mass is 419 g/mol. The zero-order chi connectivity index (χ0) is 23.5. The molecule has 1 aliphatic rings. The highest BCUT2D eigenvalue weighted by atomic mass is 16.6. The summed E-state index contributed by atoms with van der Waals surface area (Å²) in [7, 11) is 3.45. The van der Waals surface area contributed by atoms with E-state index in [2.05, 4.69) is 0 Å². The fraction of sp³-hybridized carbons (Fsp3) is 0.700. The van der Waals surface area contributed by atoms with Gasteiger partial charge in [0.15, 0.2) is 11.5 Å². The molecule has 1 heterocycles. The van der Waals surface area contributed by atoms with Crippen LogP contribution < -0.4 is 14.2 Å². The van der Waals surface area contributed by atoms with Gasteiger partial charge in [-0.25, -0.2) is 0 Å². The second-order valence-corrected chi connectivity index (χ2v) is 6.34. The van der Waals surface area contributed by atoms with Crippen LogP contribution in [0.3, 0.4) is 0 Å². The molecule has 2 rings (SSSR count). The van der Waals surface area contributed by atoms with E-state index in [4.69, 9.17) is 42.0 Å². The molecule has 0 unspecified atom stereocenters. The Kier molecular flexibility index (Phi) is 7.70. The maximum Gasteiger partial charge on any atom is 0.203 e. The first-order valence-corrected chi connectivity index (χ1v) is 8.93. The SMILES string of the molecule is [2H]CO[C@@H]1[C@@H](OC[2H])[C@@H](COCc2cc(OC)c(OC)c(OC)c2)O[C@H](CO)[C@H]1OC[2H]. The molecule has 0 amide bonds. The highest BCUT2D eigenvalue weighted by Crippen LogP contribution is 2.38. The summed E-state index contributed by atoms with van der Waals surface area (Å²) in [5, 5.41) is 9.75. The van der Waals surface area contributed by atoms with Gasteiger partial charge in [0.25, 0.3) is 0 Å². The zero-order valence-electron chi connectivity index (χ0n) is 20.0. The Hall–Kier alpha value is -1.62. The molecule has 29 heavy (non-hydrogen) atoms. The van der Waals surface area contributed by atoms with Crippen molar-refractivity contribution < 1.29 is 47.1 Å². The number of rotatable bonds is 11. The van der Waals surface area contributed by atoms with E-state index >= 15 is 0 Å². The van der Waals surface area contributed by atoms with E-state index in [1.54, 1.807) is 12.1 Å². The predicted molar refractivity (Wildman–Crippen MR) is 104 cm³/mol. The fourth-order valence-corrected chi connectivity index (χ4v) is 3.38. The molecule has 0 aliphatic carbocycles. The van der Waals surface area contributed by atoms with Crippen LogP contribution in [-0.2, 0) is 30.3 Å². The second-order valence-electron chi connectivity index (χ2n) is 6.34. The van der Waals surface area contributed by atoms with Gasteiger partial charge in [0.1, 0.15) is 30.5 Å². The molecule has 1 saturated heterocycles. The molecule has 5 atom stereocenters. The van der Waals surface area contributed by atoms with Crippen molar-refractivity contribution in [3.8, 4) is 17.2 Å². The minimum atomic E-state index is -0.814. The lowest BCUT2D eigenvalue weighted by Gasteiger charge is -2.44. The van der Waals surface area contributed by atoms with Crippen molar-refractivity contribution in [1.82, 2.24) is 0 Å². The molecule has 0 saturated carbocycles. The summed E-state index contributed by atoms with van der Waals surface area (Å²) in [6.45, 7) is -0.132. The van der Waals surface area contributed by atoms with Crippen LogP contribution in [0.4, 0.5) is 0 Å². The number of aliphatic hydroxyl groups excluding tert-OH is 1. The molecular weight excluding hydrogens is 384 g/mol. The lowest BCUT2D eigenvalue weighted by atomic mass is 9.95. The first-order chi connectivity index (χ1) is 15.6. The number of methoxy groups -OCH3 is 6. The van der Waals surface area contributed by atoms with Crippen molar-refractivity contribution in [3.05, 3.63) is 17.7 Å². The van der Waals surface area contributed by atoms with Crippen molar-refractivity contribution in [2.45, 2.75) is 37.1 Å². The molecule has 0 radical (unpaired) electrons. The fourth-order valence-electron chi connectivity index (χ4n) is 3.38. The van der Waals surface area contributed by atoms with Crippen LogP contribution in [-0.4, -0.2) is 91.4 Å². The molecule has 1 aliphatic heterocycles. The number of hydrogen-bond donors (Lipinski definition) is 1. The molecule has 0 aromatic heterocycles. The maximum atomic E-state index is 9.75. The summed E-state index contributed by atoms with van der Waals surface area (Å²) in [6, 6.07) is 3.53. The van der Waals surface area contributed by atoms with Gasteiger partial charge in [0.05, 0.1) is 45.3 Å². The van der Waals surface area contributed by atoms with Crippen molar-refractivity contribution >= 4 is 0 Å². The van der Waals surface area contributed by atoms with Gasteiger partial charge in [0, 0.05) is 21.3 Å². The van der Waals surface area contributed by atoms with Crippen LogP contribution in [0.5, 0.6) is 17.2 Å². The van der Waals surface area contributed by atoms with E-state index in [0.29, 0.717) is 17.2 Å². The molecule has 1 N–H and O–H groups in total. The van der Waals surface area contributed by atoms with E-state index < -0.39 is 30.5 Å². The van der Waals surface area contributed by atoms with Crippen LogP contribution in [0.25, 0.3) is 0 Å². The van der Waals surface area contributed by atoms with Crippen molar-refractivity contribution in [2.75, 3.05) is 55.8 Å². The minimum Gasteiger partial charge on any atom is -0.493 e. The van der Waals surface area contributed by atoms with Crippen molar-refractivity contribution in [3.63, 3.8) is 0 Å². The third-order valence-electron chi connectivity index (χ3n) is 4.76. The lowest BCUT2D eigenvalue weighted by molar-refractivity contribution is -0.256. The number of hydrogen-bond acceptors (Lipinski definition) is 9. The largest absolute Gasteiger partial charge is 0.493 e. The molecule has 1 aromatic rings. The Bertz CT molecular complexity index is 657.